The Bertz CT molecular complexity index is 1120. The van der Waals surface area contributed by atoms with Gasteiger partial charge in [-0.3, -0.25) is 9.59 Å². The van der Waals surface area contributed by atoms with Gasteiger partial charge in [-0.25, -0.2) is 4.79 Å². The molecule has 3 aromatic rings. The number of ether oxygens (including phenoxy) is 1. The summed E-state index contributed by atoms with van der Waals surface area (Å²) in [5.74, 6) is -1.90. The molecule has 0 bridgehead atoms. The Labute approximate surface area is 190 Å². The largest absolute Gasteiger partial charge is 0.465 e. The van der Waals surface area contributed by atoms with Gasteiger partial charge >= 0.3 is 5.97 Å². The van der Waals surface area contributed by atoms with E-state index in [1.807, 2.05) is 0 Å². The lowest BCUT2D eigenvalue weighted by Crippen LogP contribution is -2.20. The summed E-state index contributed by atoms with van der Waals surface area (Å²) in [5.41, 5.74) is 0.769. The molecule has 30 heavy (non-hydrogen) atoms. The first-order valence-electron chi connectivity index (χ1n) is 8.91. The van der Waals surface area contributed by atoms with Gasteiger partial charge in [0, 0.05) is 25.6 Å². The molecular formula is C24H16Br2O4. The highest BCUT2D eigenvalue weighted by molar-refractivity contribution is 9.10. The highest BCUT2D eigenvalue weighted by atomic mass is 79.9. The number of rotatable bonds is 6. The summed E-state index contributed by atoms with van der Waals surface area (Å²) in [6.45, 7) is 0. The second-order valence-electron chi connectivity index (χ2n) is 6.28. The van der Waals surface area contributed by atoms with Gasteiger partial charge in [-0.2, -0.15) is 0 Å². The molecule has 0 fully saturated rings. The lowest BCUT2D eigenvalue weighted by molar-refractivity contribution is -0.135. The smallest absolute Gasteiger partial charge is 0.342 e. The molecule has 150 valence electrons. The van der Waals surface area contributed by atoms with Gasteiger partial charge in [0.1, 0.15) is 5.57 Å². The van der Waals surface area contributed by atoms with E-state index in [1.54, 1.807) is 78.9 Å². The molecule has 0 saturated carbocycles. The number of halogens is 2. The van der Waals surface area contributed by atoms with Gasteiger partial charge < -0.3 is 4.74 Å². The Morgan fingerprint density at radius 1 is 0.633 bits per heavy atom. The molecule has 0 unspecified atom stereocenters. The zero-order valence-electron chi connectivity index (χ0n) is 15.9. The molecule has 0 saturated heterocycles. The third-order valence-electron chi connectivity index (χ3n) is 4.37. The molecule has 0 amide bonds. The summed E-state index contributed by atoms with van der Waals surface area (Å²) in [4.78, 5) is 39.5. The minimum absolute atomic E-state index is 0.00214. The lowest BCUT2D eigenvalue weighted by atomic mass is 9.88. The number of esters is 1. The molecule has 0 spiro atoms. The summed E-state index contributed by atoms with van der Waals surface area (Å²) >= 11 is 6.67. The van der Waals surface area contributed by atoms with Gasteiger partial charge in [0.15, 0.2) is 5.78 Å². The van der Waals surface area contributed by atoms with Crippen molar-refractivity contribution in [1.82, 2.24) is 0 Å². The molecule has 0 N–H and O–H groups in total. The van der Waals surface area contributed by atoms with Crippen molar-refractivity contribution < 1.29 is 19.1 Å². The maximum absolute atomic E-state index is 13.5. The standard InChI is InChI=1S/C24H16Br2O4/c1-30-24(29)21(23(28)17-9-13-19(26)14-10-17)20(15-5-3-2-4-6-15)22(27)16-7-11-18(25)12-8-16/h2-14H,1H3/b21-20-. The van der Waals surface area contributed by atoms with Crippen LogP contribution in [0.15, 0.2) is 93.4 Å². The lowest BCUT2D eigenvalue weighted by Gasteiger charge is -2.14. The number of hydrogen-bond acceptors (Lipinski definition) is 4. The van der Waals surface area contributed by atoms with Gasteiger partial charge in [-0.1, -0.05) is 62.2 Å². The minimum atomic E-state index is -0.868. The fourth-order valence-electron chi connectivity index (χ4n) is 2.90. The Morgan fingerprint density at radius 2 is 1.10 bits per heavy atom. The zero-order valence-corrected chi connectivity index (χ0v) is 19.1. The van der Waals surface area contributed by atoms with Crippen molar-refractivity contribution in [2.75, 3.05) is 7.11 Å². The summed E-state index contributed by atoms with van der Waals surface area (Å²) in [6.07, 6.45) is 0. The predicted molar refractivity (Wildman–Crippen MR) is 122 cm³/mol. The van der Waals surface area contributed by atoms with Crippen LogP contribution >= 0.6 is 31.9 Å². The van der Waals surface area contributed by atoms with Crippen LogP contribution < -0.4 is 0 Å². The van der Waals surface area contributed by atoms with Crippen LogP contribution in [0, 0.1) is 0 Å². The van der Waals surface area contributed by atoms with E-state index >= 15 is 0 Å². The molecule has 6 heteroatoms. The van der Waals surface area contributed by atoms with Crippen LogP contribution in [0.3, 0.4) is 0 Å². The van der Waals surface area contributed by atoms with Crippen molar-refractivity contribution >= 4 is 55.0 Å². The first kappa shape index (κ1) is 21.9. The number of carbonyl (C=O) groups excluding carboxylic acids is 3. The fraction of sp³-hybridized carbons (Fsp3) is 0.0417. The van der Waals surface area contributed by atoms with Gasteiger partial charge in [0.05, 0.1) is 7.11 Å². The first-order chi connectivity index (χ1) is 14.4. The number of carbonyl (C=O) groups is 3. The number of benzene rings is 3. The molecule has 0 atom stereocenters. The monoisotopic (exact) mass is 526 g/mol. The SMILES string of the molecule is COC(=O)/C(C(=O)c1ccc(Br)cc1)=C(\C(=O)c1ccc(Br)cc1)c1ccccc1. The van der Waals surface area contributed by atoms with E-state index in [0.29, 0.717) is 11.1 Å². The van der Waals surface area contributed by atoms with Crippen molar-refractivity contribution in [2.45, 2.75) is 0 Å². The molecule has 0 aromatic heterocycles. The highest BCUT2D eigenvalue weighted by Gasteiger charge is 2.30. The van der Waals surface area contributed by atoms with Crippen LogP contribution in [-0.4, -0.2) is 24.6 Å². The van der Waals surface area contributed by atoms with Crippen molar-refractivity contribution in [2.24, 2.45) is 0 Å². The first-order valence-corrected chi connectivity index (χ1v) is 10.5. The minimum Gasteiger partial charge on any atom is -0.465 e. The van der Waals surface area contributed by atoms with E-state index < -0.39 is 17.5 Å². The Balaban J connectivity index is 2.27. The highest BCUT2D eigenvalue weighted by Crippen LogP contribution is 2.28. The van der Waals surface area contributed by atoms with Gasteiger partial charge in [-0.15, -0.1) is 0 Å². The van der Waals surface area contributed by atoms with E-state index in [1.165, 1.54) is 7.11 Å². The number of hydrogen-bond donors (Lipinski definition) is 0. The molecule has 0 aliphatic rings. The number of allylic oxidation sites excluding steroid dienone is 1. The van der Waals surface area contributed by atoms with Crippen molar-refractivity contribution in [3.63, 3.8) is 0 Å². The molecule has 3 rings (SSSR count). The third-order valence-corrected chi connectivity index (χ3v) is 5.43. The Hall–Kier alpha value is -2.83. The van der Waals surface area contributed by atoms with E-state index in [2.05, 4.69) is 31.9 Å². The summed E-state index contributed by atoms with van der Waals surface area (Å²) in [6, 6.07) is 21.9. The van der Waals surface area contributed by atoms with Crippen molar-refractivity contribution in [1.29, 1.82) is 0 Å². The quantitative estimate of drug-likeness (QED) is 0.131. The number of ketones is 2. The van der Waals surface area contributed by atoms with Crippen molar-refractivity contribution in [3.8, 4) is 0 Å². The maximum Gasteiger partial charge on any atom is 0.342 e. The van der Waals surface area contributed by atoms with Crippen LogP contribution in [0.4, 0.5) is 0 Å². The number of Topliss-reactive ketones (excluding diaryl/α,β-unsaturated/α-hetero) is 2. The predicted octanol–water partition coefficient (Wildman–Crippen LogP) is 5.90. The van der Waals surface area contributed by atoms with Gasteiger partial charge in [0.25, 0.3) is 0 Å². The van der Waals surface area contributed by atoms with Crippen LogP contribution in [-0.2, 0) is 9.53 Å². The molecule has 3 aromatic carbocycles. The molecule has 0 aliphatic carbocycles. The second kappa shape index (κ2) is 9.78. The second-order valence-corrected chi connectivity index (χ2v) is 8.11. The third kappa shape index (κ3) is 4.83. The number of methoxy groups -OCH3 is 1. The molecule has 0 radical (unpaired) electrons. The summed E-state index contributed by atoms with van der Waals surface area (Å²) in [7, 11) is 1.18. The summed E-state index contributed by atoms with van der Waals surface area (Å²) in [5, 5.41) is 0. The topological polar surface area (TPSA) is 60.4 Å². The molecule has 4 nitrogen and oxygen atoms in total. The average molecular weight is 528 g/mol. The van der Waals surface area contributed by atoms with E-state index in [0.717, 1.165) is 8.95 Å². The Kier molecular flexibility index (Phi) is 7.13. The summed E-state index contributed by atoms with van der Waals surface area (Å²) < 4.78 is 6.50. The van der Waals surface area contributed by atoms with E-state index in [9.17, 15) is 14.4 Å². The van der Waals surface area contributed by atoms with E-state index in [-0.39, 0.29) is 16.7 Å². The van der Waals surface area contributed by atoms with Crippen LogP contribution in [0.2, 0.25) is 0 Å². The van der Waals surface area contributed by atoms with Crippen molar-refractivity contribution in [3.05, 3.63) is 110 Å². The molecule has 0 aliphatic heterocycles. The van der Waals surface area contributed by atoms with Gasteiger partial charge in [0.2, 0.25) is 5.78 Å². The van der Waals surface area contributed by atoms with E-state index in [4.69, 9.17) is 4.74 Å². The Morgan fingerprint density at radius 3 is 1.57 bits per heavy atom. The fourth-order valence-corrected chi connectivity index (χ4v) is 3.42. The average Bonchev–Trinajstić information content (AvgIpc) is 2.77. The van der Waals surface area contributed by atoms with Crippen LogP contribution in [0.5, 0.6) is 0 Å². The maximum atomic E-state index is 13.5. The van der Waals surface area contributed by atoms with Gasteiger partial charge in [-0.05, 0) is 54.1 Å². The normalized spacial score (nSPS) is 11.4. The van der Waals surface area contributed by atoms with Crippen LogP contribution in [0.25, 0.3) is 5.57 Å². The molecule has 0 heterocycles. The zero-order chi connectivity index (χ0) is 21.7. The van der Waals surface area contributed by atoms with Crippen LogP contribution in [0.1, 0.15) is 26.3 Å². The molecular weight excluding hydrogens is 512 g/mol.